The number of hydrogen-bond acceptors (Lipinski definition) is 5. The van der Waals surface area contributed by atoms with E-state index in [1.807, 2.05) is 12.1 Å². The minimum absolute atomic E-state index is 0.472. The Bertz CT molecular complexity index is 715. The van der Waals surface area contributed by atoms with Crippen LogP contribution in [0.5, 0.6) is 0 Å². The van der Waals surface area contributed by atoms with Crippen molar-refractivity contribution in [3.63, 3.8) is 0 Å². The van der Waals surface area contributed by atoms with Crippen LogP contribution in [-0.4, -0.2) is 16.6 Å². The first-order chi connectivity index (χ1) is 10.6. The number of hydrogen-bond donors (Lipinski definition) is 2. The fourth-order valence-electron chi connectivity index (χ4n) is 2.27. The molecule has 2 N–H and O–H groups in total. The Balaban J connectivity index is 1.56. The number of benzene rings is 1. The van der Waals surface area contributed by atoms with Crippen molar-refractivity contribution in [2.75, 3.05) is 6.54 Å². The van der Waals surface area contributed by atoms with E-state index in [2.05, 4.69) is 47.7 Å². The van der Waals surface area contributed by atoms with E-state index in [4.69, 9.17) is 0 Å². The quantitative estimate of drug-likeness (QED) is 0.707. The number of thiazole rings is 1. The van der Waals surface area contributed by atoms with Crippen molar-refractivity contribution in [1.29, 1.82) is 0 Å². The van der Waals surface area contributed by atoms with Crippen molar-refractivity contribution in [3.8, 4) is 0 Å². The average Bonchev–Trinajstić information content (AvgIpc) is 3.13. The molecule has 3 aromatic rings. The molecule has 3 nitrogen and oxygen atoms in total. The molecular formula is C17H20N2OS2. The summed E-state index contributed by atoms with van der Waals surface area (Å²) in [6, 6.07) is 10.3. The summed E-state index contributed by atoms with van der Waals surface area (Å²) in [5.41, 5.74) is 1.05. The lowest BCUT2D eigenvalue weighted by Gasteiger charge is -2.09. The van der Waals surface area contributed by atoms with E-state index in [1.165, 1.54) is 15.1 Å². The molecule has 116 valence electrons. The number of fused-ring (bicyclic) bond motifs is 1. The number of aliphatic hydroxyl groups is 1. The van der Waals surface area contributed by atoms with Gasteiger partial charge in [-0.05, 0) is 17.5 Å². The second-order valence-corrected chi connectivity index (χ2v) is 7.67. The van der Waals surface area contributed by atoms with Gasteiger partial charge in [0.2, 0.25) is 0 Å². The summed E-state index contributed by atoms with van der Waals surface area (Å²) < 4.78 is 1.22. The molecule has 0 amide bonds. The highest BCUT2D eigenvalue weighted by atomic mass is 32.1. The van der Waals surface area contributed by atoms with Crippen molar-refractivity contribution < 1.29 is 5.11 Å². The largest absolute Gasteiger partial charge is 0.386 e. The van der Waals surface area contributed by atoms with Crippen molar-refractivity contribution in [3.05, 3.63) is 51.3 Å². The fourth-order valence-corrected chi connectivity index (χ4v) is 4.16. The van der Waals surface area contributed by atoms with E-state index < -0.39 is 6.10 Å². The summed E-state index contributed by atoms with van der Waals surface area (Å²) in [7, 11) is 0. The predicted molar refractivity (Wildman–Crippen MR) is 94.7 cm³/mol. The van der Waals surface area contributed by atoms with E-state index in [0.717, 1.165) is 10.6 Å². The Labute approximate surface area is 138 Å². The molecule has 0 radical (unpaired) electrons. The molecule has 3 rings (SSSR count). The standard InChI is InChI=1S/C17H20N2OS2/c1-11(2)17-19-13(10-21-17)8-18-9-14(20)16-7-12-5-3-4-6-15(12)22-16/h3-7,10-11,14,18,20H,8-9H2,1-2H3. The van der Waals surface area contributed by atoms with Crippen molar-refractivity contribution in [1.82, 2.24) is 10.3 Å². The van der Waals surface area contributed by atoms with Gasteiger partial charge in [-0.15, -0.1) is 22.7 Å². The maximum atomic E-state index is 10.3. The normalized spacial score (nSPS) is 13.1. The molecule has 1 atom stereocenters. The Kier molecular flexibility index (Phi) is 4.88. The molecule has 0 aliphatic heterocycles. The smallest absolute Gasteiger partial charge is 0.101 e. The van der Waals surface area contributed by atoms with E-state index in [0.29, 0.717) is 19.0 Å². The molecule has 1 aromatic carbocycles. The van der Waals surface area contributed by atoms with E-state index in [-0.39, 0.29) is 0 Å². The third kappa shape index (κ3) is 3.55. The van der Waals surface area contributed by atoms with Crippen LogP contribution < -0.4 is 5.32 Å². The zero-order chi connectivity index (χ0) is 15.5. The number of nitrogens with one attached hydrogen (secondary N) is 1. The molecule has 2 heterocycles. The third-order valence-electron chi connectivity index (χ3n) is 3.48. The summed E-state index contributed by atoms with van der Waals surface area (Å²) in [4.78, 5) is 5.60. The zero-order valence-electron chi connectivity index (χ0n) is 12.7. The molecule has 0 fully saturated rings. The molecule has 22 heavy (non-hydrogen) atoms. The Hall–Kier alpha value is -1.27. The zero-order valence-corrected chi connectivity index (χ0v) is 14.4. The molecule has 0 saturated carbocycles. The van der Waals surface area contributed by atoms with Gasteiger partial charge in [-0.3, -0.25) is 0 Å². The lowest BCUT2D eigenvalue weighted by molar-refractivity contribution is 0.178. The van der Waals surface area contributed by atoms with Crippen molar-refractivity contribution in [2.45, 2.75) is 32.4 Å². The van der Waals surface area contributed by atoms with Gasteiger partial charge >= 0.3 is 0 Å². The van der Waals surface area contributed by atoms with Crippen LogP contribution in [-0.2, 0) is 6.54 Å². The van der Waals surface area contributed by atoms with Crippen LogP contribution in [0.4, 0.5) is 0 Å². The first-order valence-corrected chi connectivity index (χ1v) is 9.14. The first kappa shape index (κ1) is 15.6. The molecule has 0 spiro atoms. The lowest BCUT2D eigenvalue weighted by atomic mass is 10.2. The molecular weight excluding hydrogens is 312 g/mol. The first-order valence-electron chi connectivity index (χ1n) is 7.45. The highest BCUT2D eigenvalue weighted by Crippen LogP contribution is 2.29. The highest BCUT2D eigenvalue weighted by Gasteiger charge is 2.11. The number of nitrogens with zero attached hydrogens (tertiary/aromatic N) is 1. The summed E-state index contributed by atoms with van der Waals surface area (Å²) in [5.74, 6) is 0.475. The van der Waals surface area contributed by atoms with Crippen molar-refractivity contribution >= 4 is 32.8 Å². The molecule has 0 bridgehead atoms. The van der Waals surface area contributed by atoms with E-state index in [9.17, 15) is 5.11 Å². The van der Waals surface area contributed by atoms with E-state index in [1.54, 1.807) is 22.7 Å². The van der Waals surface area contributed by atoms with Gasteiger partial charge < -0.3 is 10.4 Å². The Morgan fingerprint density at radius 3 is 2.82 bits per heavy atom. The lowest BCUT2D eigenvalue weighted by Crippen LogP contribution is -2.20. The molecule has 2 aromatic heterocycles. The molecule has 5 heteroatoms. The topological polar surface area (TPSA) is 45.2 Å². The van der Waals surface area contributed by atoms with Gasteiger partial charge in [0.15, 0.2) is 0 Å². The van der Waals surface area contributed by atoms with Gasteiger partial charge in [-0.1, -0.05) is 32.0 Å². The summed E-state index contributed by atoms with van der Waals surface area (Å²) in [6.45, 7) is 5.55. The molecule has 0 aliphatic rings. The van der Waals surface area contributed by atoms with Crippen LogP contribution in [0, 0.1) is 0 Å². The van der Waals surface area contributed by atoms with Crippen LogP contribution in [0.2, 0.25) is 0 Å². The number of aromatic nitrogens is 1. The number of rotatable bonds is 6. The maximum Gasteiger partial charge on any atom is 0.101 e. The maximum absolute atomic E-state index is 10.3. The Morgan fingerprint density at radius 1 is 1.27 bits per heavy atom. The molecule has 1 unspecified atom stereocenters. The highest BCUT2D eigenvalue weighted by molar-refractivity contribution is 7.19. The number of thiophene rings is 1. The predicted octanol–water partition coefficient (Wildman–Crippen LogP) is 4.30. The molecule has 0 saturated heterocycles. The molecule has 0 aliphatic carbocycles. The number of aliphatic hydroxyl groups excluding tert-OH is 1. The minimum atomic E-state index is -0.472. The summed E-state index contributed by atoms with van der Waals surface area (Å²) >= 11 is 3.36. The SMILES string of the molecule is CC(C)c1nc(CNCC(O)c2cc3ccccc3s2)cs1. The monoisotopic (exact) mass is 332 g/mol. The Morgan fingerprint density at radius 2 is 2.09 bits per heavy atom. The van der Waals surface area contributed by atoms with Gasteiger partial charge in [0.1, 0.15) is 6.10 Å². The second-order valence-electron chi connectivity index (χ2n) is 5.67. The summed E-state index contributed by atoms with van der Waals surface area (Å²) in [5, 5.41) is 18.1. The van der Waals surface area contributed by atoms with Gasteiger partial charge in [-0.25, -0.2) is 4.98 Å². The van der Waals surface area contributed by atoms with Gasteiger partial charge in [0, 0.05) is 34.0 Å². The minimum Gasteiger partial charge on any atom is -0.386 e. The average molecular weight is 332 g/mol. The van der Waals surface area contributed by atoms with Crippen LogP contribution in [0.1, 0.15) is 41.4 Å². The van der Waals surface area contributed by atoms with Crippen molar-refractivity contribution in [2.24, 2.45) is 0 Å². The third-order valence-corrected chi connectivity index (χ3v) is 5.89. The van der Waals surface area contributed by atoms with Crippen LogP contribution >= 0.6 is 22.7 Å². The van der Waals surface area contributed by atoms with Gasteiger partial charge in [0.05, 0.1) is 10.7 Å². The van der Waals surface area contributed by atoms with Crippen LogP contribution in [0.25, 0.3) is 10.1 Å². The van der Waals surface area contributed by atoms with Crippen LogP contribution in [0.15, 0.2) is 35.7 Å². The van der Waals surface area contributed by atoms with Gasteiger partial charge in [0.25, 0.3) is 0 Å². The second kappa shape index (κ2) is 6.87. The fraction of sp³-hybridized carbons (Fsp3) is 0.353. The van der Waals surface area contributed by atoms with Gasteiger partial charge in [-0.2, -0.15) is 0 Å². The van der Waals surface area contributed by atoms with Crippen LogP contribution in [0.3, 0.4) is 0 Å². The van der Waals surface area contributed by atoms with E-state index >= 15 is 0 Å². The summed E-state index contributed by atoms with van der Waals surface area (Å²) in [6.07, 6.45) is -0.472.